The van der Waals surface area contributed by atoms with Gasteiger partial charge in [-0.05, 0) is 101 Å². The fraction of sp³-hybridized carbons (Fsp3) is 0.176. The van der Waals surface area contributed by atoms with Crippen LogP contribution >= 0.6 is 0 Å². The Hall–Kier alpha value is -5.74. The Morgan fingerprint density at radius 1 is 0.852 bits per heavy atom. The van der Waals surface area contributed by atoms with Gasteiger partial charge in [-0.1, -0.05) is 178 Å². The molecule has 0 amide bonds. The van der Waals surface area contributed by atoms with Crippen molar-refractivity contribution >= 4 is 11.1 Å². The molecule has 1 heterocycles. The van der Waals surface area contributed by atoms with Gasteiger partial charge in [0.25, 0.3) is 0 Å². The lowest BCUT2D eigenvalue weighted by Gasteiger charge is -2.21. The van der Waals surface area contributed by atoms with Crippen molar-refractivity contribution in [2.45, 2.75) is 52.2 Å². The Morgan fingerprint density at radius 2 is 1.54 bits per heavy atom. The second-order valence-electron chi connectivity index (χ2n) is 13.3. The van der Waals surface area contributed by atoms with E-state index >= 15 is 0 Å². The highest BCUT2D eigenvalue weighted by atomic mass is 16.5. The molecule has 7 rings (SSSR count). The molecule has 0 spiro atoms. The number of ether oxygens (including phenoxy) is 1. The lowest BCUT2D eigenvalue weighted by Crippen LogP contribution is -2.24. The first kappa shape index (κ1) is 39.5. The van der Waals surface area contributed by atoms with Crippen molar-refractivity contribution in [1.29, 1.82) is 0 Å². The molecule has 2 aliphatic carbocycles. The van der Waals surface area contributed by atoms with Crippen LogP contribution in [-0.4, -0.2) is 11.1 Å². The third kappa shape index (κ3) is 11.6. The second-order valence-corrected chi connectivity index (χ2v) is 13.3. The minimum Gasteiger partial charge on any atom is -0.469 e. The summed E-state index contributed by atoms with van der Waals surface area (Å²) in [4.78, 5) is 0. The summed E-state index contributed by atoms with van der Waals surface area (Å²) in [7, 11) is 0. The van der Waals surface area contributed by atoms with Gasteiger partial charge in [-0.15, -0.1) is 0 Å². The van der Waals surface area contributed by atoms with Crippen molar-refractivity contribution in [3.05, 3.63) is 228 Å². The highest BCUT2D eigenvalue weighted by Gasteiger charge is 2.18. The average Bonchev–Trinajstić information content (AvgIpc) is 3.70. The molecule has 3 nitrogen and oxygen atoms in total. The monoisotopic (exact) mass is 711 g/mol. The Bertz CT molecular complexity index is 2060. The first-order valence-corrected chi connectivity index (χ1v) is 19.0. The molecule has 54 heavy (non-hydrogen) atoms. The van der Waals surface area contributed by atoms with E-state index in [4.69, 9.17) is 10.5 Å². The normalized spacial score (nSPS) is 19.0. The van der Waals surface area contributed by atoms with Crippen LogP contribution in [0, 0.1) is 5.92 Å². The maximum Gasteiger partial charge on any atom is 0.110 e. The lowest BCUT2D eigenvalue weighted by molar-refractivity contribution is 0.228. The highest BCUT2D eigenvalue weighted by molar-refractivity contribution is 5.78. The predicted molar refractivity (Wildman–Crippen MR) is 230 cm³/mol. The Balaban J connectivity index is 0.000000156. The molecule has 4 aromatic rings. The summed E-state index contributed by atoms with van der Waals surface area (Å²) in [6, 6.07) is 39.3. The van der Waals surface area contributed by atoms with E-state index < -0.39 is 6.10 Å². The molecular formula is C51H53NO2. The van der Waals surface area contributed by atoms with Gasteiger partial charge >= 0.3 is 0 Å². The zero-order chi connectivity index (χ0) is 38.0. The van der Waals surface area contributed by atoms with Crippen LogP contribution in [0.15, 0.2) is 211 Å². The standard InChI is InChI=1S/C17H17N.2C17H18O/c18-17-11-10-15(13-6-2-1-3-7-13)12-16(17)14-8-4-5-9-14;1-3-15(16-10-5-4-6-11-16)13-17-14(2)9-7-8-12-18-17;1-2-3-12-17(18)16-11-7-10-15(13-16)14-8-5-4-6-9-14/h1-8,10,12,17H,9,11,18H2;3-14H,1-2H3;3-13,17-18H,2H2,1H3/b;15-3+,17-13-;12-3-. The van der Waals surface area contributed by atoms with Gasteiger partial charge in [0.15, 0.2) is 0 Å². The molecule has 0 aromatic heterocycles. The minimum atomic E-state index is -0.520. The molecule has 0 bridgehead atoms. The Kier molecular flexibility index (Phi) is 15.4. The number of allylic oxidation sites excluding steroid dienone is 12. The molecular weight excluding hydrogens is 659 g/mol. The summed E-state index contributed by atoms with van der Waals surface area (Å²) < 4.78 is 5.65. The van der Waals surface area contributed by atoms with E-state index in [9.17, 15) is 5.11 Å². The van der Waals surface area contributed by atoms with Crippen molar-refractivity contribution in [2.75, 3.05) is 0 Å². The fourth-order valence-electron chi connectivity index (χ4n) is 6.33. The second kappa shape index (κ2) is 21.1. The molecule has 0 saturated carbocycles. The quantitative estimate of drug-likeness (QED) is 0.179. The van der Waals surface area contributed by atoms with E-state index in [1.165, 1.54) is 39.0 Å². The summed E-state index contributed by atoms with van der Waals surface area (Å²) in [5, 5.41) is 10.0. The van der Waals surface area contributed by atoms with Crippen LogP contribution in [0.4, 0.5) is 0 Å². The molecule has 3 N–H and O–H groups in total. The number of aliphatic hydroxyl groups excluding tert-OH is 1. The van der Waals surface area contributed by atoms with E-state index in [-0.39, 0.29) is 6.04 Å². The first-order valence-electron chi connectivity index (χ1n) is 19.0. The molecule has 0 fully saturated rings. The predicted octanol–water partition coefficient (Wildman–Crippen LogP) is 12.7. The number of aliphatic hydroxyl groups is 1. The maximum absolute atomic E-state index is 10.0. The molecule has 3 heteroatoms. The number of benzene rings is 4. The number of nitrogens with two attached hydrogens (primary N) is 1. The van der Waals surface area contributed by atoms with Gasteiger partial charge in [-0.2, -0.15) is 0 Å². The van der Waals surface area contributed by atoms with Crippen molar-refractivity contribution in [1.82, 2.24) is 0 Å². The molecule has 274 valence electrons. The van der Waals surface area contributed by atoms with Crippen molar-refractivity contribution < 1.29 is 9.84 Å². The summed E-state index contributed by atoms with van der Waals surface area (Å²) in [5.41, 5.74) is 17.1. The molecule has 4 aromatic carbocycles. The zero-order valence-corrected chi connectivity index (χ0v) is 31.8. The van der Waals surface area contributed by atoms with Gasteiger partial charge in [0.05, 0.1) is 12.4 Å². The maximum atomic E-state index is 10.0. The largest absolute Gasteiger partial charge is 0.469 e. The van der Waals surface area contributed by atoms with Crippen LogP contribution in [0.1, 0.15) is 62.8 Å². The molecule has 3 unspecified atom stereocenters. The summed E-state index contributed by atoms with van der Waals surface area (Å²) in [6.07, 6.45) is 29.2. The Labute approximate surface area is 322 Å². The van der Waals surface area contributed by atoms with E-state index in [2.05, 4.69) is 129 Å². The zero-order valence-electron chi connectivity index (χ0n) is 31.8. The van der Waals surface area contributed by atoms with Gasteiger partial charge in [0.1, 0.15) is 5.76 Å². The third-order valence-electron chi connectivity index (χ3n) is 9.40. The van der Waals surface area contributed by atoms with Gasteiger partial charge in [-0.3, -0.25) is 0 Å². The van der Waals surface area contributed by atoms with Crippen LogP contribution in [0.2, 0.25) is 0 Å². The molecule has 3 aliphatic rings. The van der Waals surface area contributed by atoms with Crippen LogP contribution in [-0.2, 0) is 4.74 Å². The highest BCUT2D eigenvalue weighted by Crippen LogP contribution is 2.31. The molecule has 0 radical (unpaired) electrons. The van der Waals surface area contributed by atoms with Gasteiger partial charge in [-0.25, -0.2) is 0 Å². The SMILES string of the molecule is C/C=C(\C=C1/OC=CC=CC1C)c1ccccc1.CC/C=C\C(O)c1cccc(-c2ccccc2)c1.NC1CC=C(c2ccccc2)C=C1C1=CC=CC1. The van der Waals surface area contributed by atoms with Gasteiger partial charge in [0.2, 0.25) is 0 Å². The molecule has 3 atom stereocenters. The van der Waals surface area contributed by atoms with Crippen LogP contribution < -0.4 is 5.73 Å². The van der Waals surface area contributed by atoms with E-state index in [0.717, 1.165) is 36.1 Å². The van der Waals surface area contributed by atoms with E-state index in [1.54, 1.807) is 6.26 Å². The van der Waals surface area contributed by atoms with E-state index in [0.29, 0.717) is 5.92 Å². The summed E-state index contributed by atoms with van der Waals surface area (Å²) in [6.45, 7) is 6.24. The number of hydrogen-bond acceptors (Lipinski definition) is 3. The molecule has 0 saturated heterocycles. The topological polar surface area (TPSA) is 55.5 Å². The number of hydrogen-bond donors (Lipinski definition) is 2. The van der Waals surface area contributed by atoms with Gasteiger partial charge < -0.3 is 15.6 Å². The minimum absolute atomic E-state index is 0.142. The smallest absolute Gasteiger partial charge is 0.110 e. The molecule has 1 aliphatic heterocycles. The summed E-state index contributed by atoms with van der Waals surface area (Å²) in [5.74, 6) is 1.26. The van der Waals surface area contributed by atoms with Gasteiger partial charge in [0, 0.05) is 12.0 Å². The van der Waals surface area contributed by atoms with Crippen molar-refractivity contribution in [3.8, 4) is 11.1 Å². The van der Waals surface area contributed by atoms with Crippen LogP contribution in [0.3, 0.4) is 0 Å². The van der Waals surface area contributed by atoms with E-state index in [1.807, 2.05) is 79.8 Å². The van der Waals surface area contributed by atoms with Crippen molar-refractivity contribution in [2.24, 2.45) is 11.7 Å². The van der Waals surface area contributed by atoms with Crippen LogP contribution in [0.25, 0.3) is 22.3 Å². The van der Waals surface area contributed by atoms with Crippen LogP contribution in [0.5, 0.6) is 0 Å². The Morgan fingerprint density at radius 3 is 2.20 bits per heavy atom. The van der Waals surface area contributed by atoms with Crippen molar-refractivity contribution in [3.63, 3.8) is 0 Å². The fourth-order valence-corrected chi connectivity index (χ4v) is 6.33. The lowest BCUT2D eigenvalue weighted by atomic mass is 9.87. The first-order chi connectivity index (χ1) is 26.5. The number of rotatable bonds is 8. The summed E-state index contributed by atoms with van der Waals surface area (Å²) >= 11 is 0. The average molecular weight is 712 g/mol. The third-order valence-corrected chi connectivity index (χ3v) is 9.40.